The van der Waals surface area contributed by atoms with Gasteiger partial charge in [-0.05, 0) is 50.5 Å². The fraction of sp³-hybridized carbons (Fsp3) is 0.688. The van der Waals surface area contributed by atoms with Crippen LogP contribution in [0.5, 0.6) is 0 Å². The number of nitrogens with one attached hydrogen (secondary N) is 1. The molecule has 1 aromatic rings. The van der Waals surface area contributed by atoms with E-state index in [4.69, 9.17) is 4.74 Å². The summed E-state index contributed by atoms with van der Waals surface area (Å²) in [7, 11) is 0. The zero-order chi connectivity index (χ0) is 15.5. The van der Waals surface area contributed by atoms with E-state index in [2.05, 4.69) is 10.4 Å². The van der Waals surface area contributed by atoms with Gasteiger partial charge in [-0.25, -0.2) is 4.68 Å². The third kappa shape index (κ3) is 3.21. The Balaban J connectivity index is 1.64. The summed E-state index contributed by atoms with van der Waals surface area (Å²) in [5.74, 6) is 0.327. The molecule has 1 aliphatic heterocycles. The number of rotatable bonds is 4. The smallest absolute Gasteiger partial charge is 0.267 e. The Morgan fingerprint density at radius 3 is 3.00 bits per heavy atom. The molecule has 0 spiro atoms. The minimum absolute atomic E-state index is 0.140. The number of aryl methyl sites for hydroxylation is 2. The molecule has 2 aliphatic rings. The zero-order valence-electron chi connectivity index (χ0n) is 13.0. The molecule has 1 saturated heterocycles. The quantitative estimate of drug-likeness (QED) is 0.894. The van der Waals surface area contributed by atoms with E-state index < -0.39 is 6.04 Å². The van der Waals surface area contributed by atoms with Gasteiger partial charge in [0.05, 0.1) is 5.69 Å². The van der Waals surface area contributed by atoms with Crippen molar-refractivity contribution in [3.63, 3.8) is 0 Å². The number of hydrogen-bond acceptors (Lipinski definition) is 4. The van der Waals surface area contributed by atoms with E-state index in [0.29, 0.717) is 12.5 Å². The number of ether oxygens (including phenoxy) is 1. The summed E-state index contributed by atoms with van der Waals surface area (Å²) >= 11 is 0. The maximum absolute atomic E-state index is 12.3. The monoisotopic (exact) mass is 305 g/mol. The van der Waals surface area contributed by atoms with Crippen molar-refractivity contribution in [3.8, 4) is 0 Å². The predicted octanol–water partition coefficient (Wildman–Crippen LogP) is 0.836. The average Bonchev–Trinajstić information content (AvgIpc) is 2.99. The van der Waals surface area contributed by atoms with Gasteiger partial charge in [-0.3, -0.25) is 9.59 Å². The first-order chi connectivity index (χ1) is 10.6. The van der Waals surface area contributed by atoms with Crippen LogP contribution in [0.3, 0.4) is 0 Å². The van der Waals surface area contributed by atoms with Gasteiger partial charge in [0.1, 0.15) is 6.04 Å². The van der Waals surface area contributed by atoms with Crippen LogP contribution in [-0.4, -0.2) is 35.4 Å². The van der Waals surface area contributed by atoms with Gasteiger partial charge in [-0.15, -0.1) is 0 Å². The predicted molar refractivity (Wildman–Crippen MR) is 81.8 cm³/mol. The highest BCUT2D eigenvalue weighted by Gasteiger charge is 2.22. The minimum atomic E-state index is -0.571. The highest BCUT2D eigenvalue weighted by atomic mass is 16.5. The topological polar surface area (TPSA) is 73.2 Å². The van der Waals surface area contributed by atoms with E-state index in [0.717, 1.165) is 56.6 Å². The molecule has 2 heterocycles. The van der Waals surface area contributed by atoms with Gasteiger partial charge in [-0.1, -0.05) is 0 Å². The highest BCUT2D eigenvalue weighted by Crippen LogP contribution is 2.18. The molecule has 0 bridgehead atoms. The Kier molecular flexibility index (Phi) is 4.57. The van der Waals surface area contributed by atoms with E-state index in [9.17, 15) is 9.59 Å². The molecule has 0 aromatic carbocycles. The maximum atomic E-state index is 12.3. The van der Waals surface area contributed by atoms with Crippen LogP contribution in [0.2, 0.25) is 0 Å². The fourth-order valence-corrected chi connectivity index (χ4v) is 3.15. The normalized spacial score (nSPS) is 19.7. The number of carbonyl (C=O) groups excluding carboxylic acids is 1. The van der Waals surface area contributed by atoms with Crippen molar-refractivity contribution in [3.05, 3.63) is 27.7 Å². The second-order valence-electron chi connectivity index (χ2n) is 6.23. The van der Waals surface area contributed by atoms with Crippen LogP contribution >= 0.6 is 0 Å². The fourth-order valence-electron chi connectivity index (χ4n) is 3.15. The molecule has 3 rings (SSSR count). The second-order valence-corrected chi connectivity index (χ2v) is 6.23. The molecule has 1 amide bonds. The van der Waals surface area contributed by atoms with Crippen LogP contribution in [0, 0.1) is 5.92 Å². The molecular weight excluding hydrogens is 282 g/mol. The van der Waals surface area contributed by atoms with E-state index in [1.165, 1.54) is 4.68 Å². The van der Waals surface area contributed by atoms with Crippen LogP contribution in [0.25, 0.3) is 0 Å². The lowest BCUT2D eigenvalue weighted by Crippen LogP contribution is -2.40. The molecule has 0 radical (unpaired) electrons. The van der Waals surface area contributed by atoms with Crippen molar-refractivity contribution in [2.45, 2.75) is 45.1 Å². The molecule has 1 aromatic heterocycles. The van der Waals surface area contributed by atoms with Crippen LogP contribution in [0.15, 0.2) is 10.9 Å². The number of carbonyl (C=O) groups is 1. The molecule has 22 heavy (non-hydrogen) atoms. The Hall–Kier alpha value is -1.69. The van der Waals surface area contributed by atoms with Crippen molar-refractivity contribution in [2.24, 2.45) is 5.92 Å². The lowest BCUT2D eigenvalue weighted by atomic mass is 10.0. The van der Waals surface area contributed by atoms with E-state index in [-0.39, 0.29) is 11.5 Å². The Bertz CT molecular complexity index is 605. The molecule has 120 valence electrons. The minimum Gasteiger partial charge on any atom is -0.381 e. The van der Waals surface area contributed by atoms with Crippen molar-refractivity contribution in [2.75, 3.05) is 19.8 Å². The number of hydrogen-bond donors (Lipinski definition) is 1. The van der Waals surface area contributed by atoms with Gasteiger partial charge in [0, 0.05) is 25.8 Å². The lowest BCUT2D eigenvalue weighted by molar-refractivity contribution is -0.124. The van der Waals surface area contributed by atoms with Gasteiger partial charge < -0.3 is 10.1 Å². The van der Waals surface area contributed by atoms with E-state index >= 15 is 0 Å². The lowest BCUT2D eigenvalue weighted by Gasteiger charge is -2.23. The number of nitrogens with zero attached hydrogens (tertiary/aromatic N) is 2. The molecule has 6 nitrogen and oxygen atoms in total. The highest BCUT2D eigenvalue weighted by molar-refractivity contribution is 5.79. The Morgan fingerprint density at radius 2 is 2.23 bits per heavy atom. The molecule has 1 atom stereocenters. The standard InChI is InChI=1S/C16H23N3O3/c1-11(16(21)17-10-12-5-7-22-8-6-12)19-15(20)9-13-3-2-4-14(13)18-19/h9,11-12H,2-8,10H2,1H3,(H,17,21)/t11-/m0/s1. The molecular formula is C16H23N3O3. The van der Waals surface area contributed by atoms with Crippen LogP contribution in [0.4, 0.5) is 0 Å². The summed E-state index contributed by atoms with van der Waals surface area (Å²) in [4.78, 5) is 24.4. The van der Waals surface area contributed by atoms with E-state index in [1.807, 2.05) is 0 Å². The molecule has 1 N–H and O–H groups in total. The summed E-state index contributed by atoms with van der Waals surface area (Å²) in [6.07, 6.45) is 4.81. The molecule has 1 fully saturated rings. The van der Waals surface area contributed by atoms with Crippen LogP contribution < -0.4 is 10.9 Å². The average molecular weight is 305 g/mol. The summed E-state index contributed by atoms with van der Waals surface area (Å²) in [6, 6.07) is 1.07. The molecule has 0 unspecified atom stereocenters. The van der Waals surface area contributed by atoms with Crippen LogP contribution in [0.1, 0.15) is 43.5 Å². The van der Waals surface area contributed by atoms with Crippen molar-refractivity contribution in [1.82, 2.24) is 15.1 Å². The van der Waals surface area contributed by atoms with Gasteiger partial charge >= 0.3 is 0 Å². The van der Waals surface area contributed by atoms with Crippen molar-refractivity contribution >= 4 is 5.91 Å². The van der Waals surface area contributed by atoms with Gasteiger partial charge in [0.2, 0.25) is 5.91 Å². The number of aromatic nitrogens is 2. The second kappa shape index (κ2) is 6.60. The van der Waals surface area contributed by atoms with Crippen molar-refractivity contribution in [1.29, 1.82) is 0 Å². The Morgan fingerprint density at radius 1 is 1.45 bits per heavy atom. The molecule has 1 aliphatic carbocycles. The van der Waals surface area contributed by atoms with Crippen LogP contribution in [-0.2, 0) is 22.4 Å². The third-order valence-corrected chi connectivity index (χ3v) is 4.63. The summed E-state index contributed by atoms with van der Waals surface area (Å²) in [5.41, 5.74) is 1.81. The first-order valence-corrected chi connectivity index (χ1v) is 8.12. The summed E-state index contributed by atoms with van der Waals surface area (Å²) in [5, 5.41) is 7.34. The zero-order valence-corrected chi connectivity index (χ0v) is 13.0. The summed E-state index contributed by atoms with van der Waals surface area (Å²) in [6.45, 7) is 3.91. The first kappa shape index (κ1) is 15.2. The first-order valence-electron chi connectivity index (χ1n) is 8.12. The molecule has 6 heteroatoms. The largest absolute Gasteiger partial charge is 0.381 e. The van der Waals surface area contributed by atoms with Gasteiger partial charge in [0.25, 0.3) is 5.56 Å². The van der Waals surface area contributed by atoms with Gasteiger partial charge in [0.15, 0.2) is 0 Å². The number of amides is 1. The molecule has 0 saturated carbocycles. The number of fused-ring (bicyclic) bond motifs is 1. The van der Waals surface area contributed by atoms with E-state index in [1.54, 1.807) is 13.0 Å². The SMILES string of the molecule is C[C@@H](C(=O)NCC1CCOCC1)n1nc2c(cc1=O)CCC2. The third-order valence-electron chi connectivity index (χ3n) is 4.63. The summed E-state index contributed by atoms with van der Waals surface area (Å²) < 4.78 is 6.64. The Labute approximate surface area is 129 Å². The van der Waals surface area contributed by atoms with Gasteiger partial charge in [-0.2, -0.15) is 5.10 Å². The van der Waals surface area contributed by atoms with Crippen molar-refractivity contribution < 1.29 is 9.53 Å². The maximum Gasteiger partial charge on any atom is 0.267 e.